The van der Waals surface area contributed by atoms with Gasteiger partial charge in [0.1, 0.15) is 5.75 Å². The number of fused-ring (bicyclic) bond motifs is 1. The quantitative estimate of drug-likeness (QED) is 0.869. The summed E-state index contributed by atoms with van der Waals surface area (Å²) in [6.07, 6.45) is -7.59. The highest BCUT2D eigenvalue weighted by Gasteiger charge is 2.48. The second-order valence-corrected chi connectivity index (χ2v) is 6.04. The zero-order chi connectivity index (χ0) is 18.3. The molecule has 2 amide bonds. The summed E-state index contributed by atoms with van der Waals surface area (Å²) in [6.45, 7) is 2.01. The number of aliphatic hydroxyl groups is 1. The number of anilines is 1. The third kappa shape index (κ3) is 3.45. The van der Waals surface area contributed by atoms with Crippen LogP contribution in [-0.2, 0) is 4.79 Å². The molecule has 0 aliphatic carbocycles. The van der Waals surface area contributed by atoms with Gasteiger partial charge in [0.05, 0.1) is 11.2 Å². The van der Waals surface area contributed by atoms with Crippen LogP contribution in [0.1, 0.15) is 24.2 Å². The number of amides is 2. The van der Waals surface area contributed by atoms with E-state index in [9.17, 15) is 27.9 Å². The van der Waals surface area contributed by atoms with Crippen LogP contribution in [0.3, 0.4) is 0 Å². The molecule has 2 rings (SSSR count). The molecule has 2 N–H and O–H groups in total. The van der Waals surface area contributed by atoms with Gasteiger partial charge in [-0.05, 0) is 32.0 Å². The Morgan fingerprint density at radius 2 is 2.00 bits per heavy atom. The fraction of sp³-hybridized carbons (Fsp3) is 0.467. The van der Waals surface area contributed by atoms with Gasteiger partial charge in [0.25, 0.3) is 11.8 Å². The minimum Gasteiger partial charge on any atom is -0.482 e. The zero-order valence-corrected chi connectivity index (χ0v) is 13.3. The third-order valence-electron chi connectivity index (χ3n) is 3.74. The van der Waals surface area contributed by atoms with Crippen LogP contribution in [0.4, 0.5) is 18.9 Å². The molecule has 1 aromatic rings. The van der Waals surface area contributed by atoms with Crippen molar-refractivity contribution >= 4 is 17.5 Å². The average molecular weight is 346 g/mol. The minimum absolute atomic E-state index is 0.0429. The molecule has 0 spiro atoms. The number of carbonyl (C=O) groups excluding carboxylic acids is 2. The second kappa shape index (κ2) is 5.97. The molecule has 132 valence electrons. The first-order valence-electron chi connectivity index (χ1n) is 7.04. The average Bonchev–Trinajstić information content (AvgIpc) is 2.48. The summed E-state index contributed by atoms with van der Waals surface area (Å²) >= 11 is 0. The Labute approximate surface area is 136 Å². The number of nitrogens with zero attached hydrogens (tertiary/aromatic N) is 1. The Morgan fingerprint density at radius 1 is 1.38 bits per heavy atom. The maximum atomic E-state index is 12.7. The van der Waals surface area contributed by atoms with Crippen LogP contribution in [-0.4, -0.2) is 48.4 Å². The van der Waals surface area contributed by atoms with Crippen molar-refractivity contribution in [3.8, 4) is 5.75 Å². The van der Waals surface area contributed by atoms with Gasteiger partial charge >= 0.3 is 6.18 Å². The van der Waals surface area contributed by atoms with Gasteiger partial charge < -0.3 is 20.1 Å². The summed E-state index contributed by atoms with van der Waals surface area (Å²) in [5.74, 6) is -0.728. The van der Waals surface area contributed by atoms with E-state index >= 15 is 0 Å². The molecular weight excluding hydrogens is 329 g/mol. The Morgan fingerprint density at radius 3 is 2.58 bits per heavy atom. The topological polar surface area (TPSA) is 78.9 Å². The van der Waals surface area contributed by atoms with Crippen LogP contribution >= 0.6 is 0 Å². The van der Waals surface area contributed by atoms with E-state index in [-0.39, 0.29) is 18.1 Å². The van der Waals surface area contributed by atoms with Gasteiger partial charge in [-0.1, -0.05) is 0 Å². The number of likely N-dealkylation sites (N-methyl/N-ethyl adjacent to an activating group) is 1. The van der Waals surface area contributed by atoms with E-state index in [0.29, 0.717) is 11.4 Å². The zero-order valence-electron chi connectivity index (χ0n) is 13.3. The highest BCUT2D eigenvalue weighted by Crippen LogP contribution is 2.32. The van der Waals surface area contributed by atoms with Gasteiger partial charge in [-0.3, -0.25) is 9.59 Å². The van der Waals surface area contributed by atoms with Gasteiger partial charge in [-0.2, -0.15) is 13.2 Å². The van der Waals surface area contributed by atoms with Gasteiger partial charge in [0.2, 0.25) is 0 Å². The number of rotatable bonds is 3. The number of alkyl halides is 3. The van der Waals surface area contributed by atoms with Gasteiger partial charge in [-0.15, -0.1) is 0 Å². The smallest absolute Gasteiger partial charge is 0.416 e. The number of hydrogen-bond acceptors (Lipinski definition) is 4. The predicted molar refractivity (Wildman–Crippen MR) is 79.0 cm³/mol. The number of aliphatic hydroxyl groups excluding tert-OH is 1. The fourth-order valence-electron chi connectivity index (χ4n) is 2.26. The van der Waals surface area contributed by atoms with Crippen molar-refractivity contribution < 1.29 is 32.6 Å². The first-order valence-corrected chi connectivity index (χ1v) is 7.04. The Hall–Kier alpha value is -2.29. The number of halogens is 3. The van der Waals surface area contributed by atoms with E-state index in [0.717, 1.165) is 13.8 Å². The SMILES string of the molecule is CN1C(=O)COc2ccc(C(=O)NC(C)(C)C(O)C(F)(F)F)cc21. The maximum Gasteiger partial charge on any atom is 0.416 e. The molecule has 0 fully saturated rings. The molecule has 1 atom stereocenters. The molecule has 1 aromatic carbocycles. The van der Waals surface area contributed by atoms with Crippen molar-refractivity contribution in [2.45, 2.75) is 31.7 Å². The lowest BCUT2D eigenvalue weighted by Crippen LogP contribution is -2.57. The minimum atomic E-state index is -4.87. The second-order valence-electron chi connectivity index (χ2n) is 6.04. The standard InChI is InChI=1S/C15H17F3N2O4/c1-14(2,13(23)15(16,17)18)19-12(22)8-4-5-10-9(6-8)20(3)11(21)7-24-10/h4-6,13,23H,7H2,1-3H3,(H,19,22). The molecule has 0 aromatic heterocycles. The first-order chi connectivity index (χ1) is 10.9. The summed E-state index contributed by atoms with van der Waals surface area (Å²) in [7, 11) is 1.50. The van der Waals surface area contributed by atoms with Gasteiger partial charge in [0.15, 0.2) is 12.7 Å². The van der Waals surface area contributed by atoms with E-state index < -0.39 is 23.7 Å². The number of hydrogen-bond donors (Lipinski definition) is 2. The lowest BCUT2D eigenvalue weighted by atomic mass is 9.96. The van der Waals surface area contributed by atoms with Crippen LogP contribution in [0.25, 0.3) is 0 Å². The van der Waals surface area contributed by atoms with Crippen LogP contribution in [0, 0.1) is 0 Å². The normalized spacial score (nSPS) is 16.3. The van der Waals surface area contributed by atoms with E-state index in [1.807, 2.05) is 0 Å². The lowest BCUT2D eigenvalue weighted by Gasteiger charge is -2.33. The molecule has 6 nitrogen and oxygen atoms in total. The molecule has 1 aliphatic heterocycles. The molecule has 0 saturated carbocycles. The summed E-state index contributed by atoms with van der Waals surface area (Å²) < 4.78 is 43.2. The Balaban J connectivity index is 2.24. The van der Waals surface area contributed by atoms with Crippen molar-refractivity contribution in [1.29, 1.82) is 0 Å². The van der Waals surface area contributed by atoms with E-state index in [1.165, 1.54) is 30.1 Å². The summed E-state index contributed by atoms with van der Waals surface area (Å²) in [5.41, 5.74) is -1.54. The molecule has 24 heavy (non-hydrogen) atoms. The fourth-order valence-corrected chi connectivity index (χ4v) is 2.26. The third-order valence-corrected chi connectivity index (χ3v) is 3.74. The molecule has 0 radical (unpaired) electrons. The molecular formula is C15H17F3N2O4. The molecule has 1 heterocycles. The number of carbonyl (C=O) groups is 2. The van der Waals surface area contributed by atoms with Crippen LogP contribution in [0.2, 0.25) is 0 Å². The Kier molecular flexibility index (Phi) is 4.49. The van der Waals surface area contributed by atoms with Crippen LogP contribution in [0.5, 0.6) is 5.75 Å². The van der Waals surface area contributed by atoms with Gasteiger partial charge in [0, 0.05) is 12.6 Å². The van der Waals surface area contributed by atoms with Crippen molar-refractivity contribution in [3.05, 3.63) is 23.8 Å². The van der Waals surface area contributed by atoms with Gasteiger partial charge in [-0.25, -0.2) is 0 Å². The highest BCUT2D eigenvalue weighted by molar-refractivity contribution is 6.01. The van der Waals surface area contributed by atoms with Crippen LogP contribution < -0.4 is 15.0 Å². The summed E-state index contributed by atoms with van der Waals surface area (Å²) in [4.78, 5) is 25.1. The van der Waals surface area contributed by atoms with E-state index in [4.69, 9.17) is 4.74 Å². The van der Waals surface area contributed by atoms with E-state index in [2.05, 4.69) is 5.32 Å². The first kappa shape index (κ1) is 18.1. The largest absolute Gasteiger partial charge is 0.482 e. The number of ether oxygens (including phenoxy) is 1. The monoisotopic (exact) mass is 346 g/mol. The summed E-state index contributed by atoms with van der Waals surface area (Å²) in [5, 5.41) is 11.5. The number of nitrogens with one attached hydrogen (secondary N) is 1. The summed E-state index contributed by atoms with van der Waals surface area (Å²) in [6, 6.07) is 4.17. The molecule has 1 unspecified atom stereocenters. The van der Waals surface area contributed by atoms with Crippen molar-refractivity contribution in [2.24, 2.45) is 0 Å². The molecule has 0 bridgehead atoms. The Bertz CT molecular complexity index is 673. The predicted octanol–water partition coefficient (Wildman–Crippen LogP) is 1.47. The lowest BCUT2D eigenvalue weighted by molar-refractivity contribution is -0.222. The highest BCUT2D eigenvalue weighted by atomic mass is 19.4. The van der Waals surface area contributed by atoms with E-state index in [1.54, 1.807) is 0 Å². The van der Waals surface area contributed by atoms with Crippen molar-refractivity contribution in [3.63, 3.8) is 0 Å². The maximum absolute atomic E-state index is 12.7. The van der Waals surface area contributed by atoms with Crippen LogP contribution in [0.15, 0.2) is 18.2 Å². The molecule has 9 heteroatoms. The molecule has 1 aliphatic rings. The van der Waals surface area contributed by atoms with Crippen molar-refractivity contribution in [1.82, 2.24) is 5.32 Å². The number of benzene rings is 1. The van der Waals surface area contributed by atoms with Crippen molar-refractivity contribution in [2.75, 3.05) is 18.6 Å². The molecule has 0 saturated heterocycles.